The second-order valence-corrected chi connectivity index (χ2v) is 5.09. The molecule has 1 aromatic rings. The van der Waals surface area contributed by atoms with Gasteiger partial charge >= 0.3 is 0 Å². The van der Waals surface area contributed by atoms with Crippen LogP contribution in [0.5, 0.6) is 0 Å². The van der Waals surface area contributed by atoms with Crippen LogP contribution >= 0.6 is 0 Å². The monoisotopic (exact) mass is 218 g/mol. The molecule has 1 heteroatoms. The Hall–Kier alpha value is -0.820. The van der Waals surface area contributed by atoms with E-state index in [1.54, 1.807) is 0 Å². The summed E-state index contributed by atoms with van der Waals surface area (Å²) in [6.45, 7) is 2.15. The van der Waals surface area contributed by atoms with Crippen molar-refractivity contribution in [1.29, 1.82) is 0 Å². The summed E-state index contributed by atoms with van der Waals surface area (Å²) < 4.78 is 0. The molecule has 0 aliphatic heterocycles. The third-order valence-corrected chi connectivity index (χ3v) is 3.97. The topological polar surface area (TPSA) is 20.2 Å². The van der Waals surface area contributed by atoms with Gasteiger partial charge in [0.2, 0.25) is 0 Å². The number of hydrogen-bond acceptors (Lipinski definition) is 1. The molecule has 1 saturated carbocycles. The van der Waals surface area contributed by atoms with Gasteiger partial charge < -0.3 is 5.11 Å². The van der Waals surface area contributed by atoms with Crippen molar-refractivity contribution in [2.75, 3.05) is 0 Å². The summed E-state index contributed by atoms with van der Waals surface area (Å²) in [5.74, 6) is 0.785. The van der Waals surface area contributed by atoms with Gasteiger partial charge in [0.15, 0.2) is 0 Å². The summed E-state index contributed by atoms with van der Waals surface area (Å²) >= 11 is 0. The highest BCUT2D eigenvalue weighted by atomic mass is 16.3. The lowest BCUT2D eigenvalue weighted by molar-refractivity contribution is 0.0652. The number of rotatable bonds is 3. The molecule has 1 aliphatic rings. The number of hydrogen-bond donors (Lipinski definition) is 1. The summed E-state index contributed by atoms with van der Waals surface area (Å²) in [6, 6.07) is 10.4. The average molecular weight is 218 g/mol. The molecule has 88 valence electrons. The summed E-state index contributed by atoms with van der Waals surface area (Å²) in [4.78, 5) is 0. The highest BCUT2D eigenvalue weighted by Gasteiger charge is 2.26. The average Bonchev–Trinajstić information content (AvgIpc) is 2.39. The summed E-state index contributed by atoms with van der Waals surface area (Å²) in [5.41, 5.74) is 1.26. The quantitative estimate of drug-likeness (QED) is 0.819. The van der Waals surface area contributed by atoms with E-state index in [1.807, 2.05) is 6.07 Å². The van der Waals surface area contributed by atoms with Gasteiger partial charge in [0, 0.05) is 5.92 Å². The fourth-order valence-electron chi connectivity index (χ4n) is 2.84. The molecule has 0 radical (unpaired) electrons. The molecule has 2 unspecified atom stereocenters. The molecule has 1 nitrogen and oxygen atoms in total. The lowest BCUT2D eigenvalue weighted by atomic mass is 9.79. The maximum absolute atomic E-state index is 10.4. The molecule has 0 saturated heterocycles. The zero-order chi connectivity index (χ0) is 11.4. The van der Waals surface area contributed by atoms with E-state index in [1.165, 1.54) is 37.7 Å². The van der Waals surface area contributed by atoms with Gasteiger partial charge in [0.05, 0.1) is 6.10 Å². The second-order valence-electron chi connectivity index (χ2n) is 5.09. The Kier molecular flexibility index (Phi) is 4.00. The zero-order valence-electron chi connectivity index (χ0n) is 10.1. The molecule has 2 rings (SSSR count). The Labute approximate surface area is 98.5 Å². The molecule has 0 heterocycles. The molecule has 1 aromatic carbocycles. The van der Waals surface area contributed by atoms with E-state index in [9.17, 15) is 5.11 Å². The van der Waals surface area contributed by atoms with Crippen LogP contribution in [0.15, 0.2) is 30.3 Å². The van der Waals surface area contributed by atoms with Crippen LogP contribution in [-0.2, 0) is 0 Å². The zero-order valence-corrected chi connectivity index (χ0v) is 10.1. The lowest BCUT2D eigenvalue weighted by Crippen LogP contribution is -2.27. The van der Waals surface area contributed by atoms with E-state index < -0.39 is 0 Å². The molecule has 1 N–H and O–H groups in total. The maximum Gasteiger partial charge on any atom is 0.0634 e. The largest absolute Gasteiger partial charge is 0.392 e. The van der Waals surface area contributed by atoms with Crippen molar-refractivity contribution >= 4 is 0 Å². The van der Waals surface area contributed by atoms with Gasteiger partial charge in [-0.2, -0.15) is 0 Å². The van der Waals surface area contributed by atoms with Crippen LogP contribution < -0.4 is 0 Å². The van der Waals surface area contributed by atoms with Crippen molar-refractivity contribution < 1.29 is 5.11 Å². The van der Waals surface area contributed by atoms with Gasteiger partial charge in [-0.05, 0) is 24.3 Å². The minimum atomic E-state index is -0.164. The summed E-state index contributed by atoms with van der Waals surface area (Å²) in [6.07, 6.45) is 6.19. The van der Waals surface area contributed by atoms with E-state index in [4.69, 9.17) is 0 Å². The molecule has 0 amide bonds. The van der Waals surface area contributed by atoms with Crippen molar-refractivity contribution in [3.63, 3.8) is 0 Å². The standard InChI is InChI=1S/C15H22O/c1-12(13-8-4-2-5-9-13)15(16)14-10-6-3-7-11-14/h2,4-5,8-9,12,14-16H,3,6-7,10-11H2,1H3. The van der Waals surface area contributed by atoms with Gasteiger partial charge in [-0.3, -0.25) is 0 Å². The minimum Gasteiger partial charge on any atom is -0.392 e. The Bertz CT molecular complexity index is 300. The van der Waals surface area contributed by atoms with Crippen molar-refractivity contribution in [2.24, 2.45) is 5.92 Å². The first-order chi connectivity index (χ1) is 7.79. The molecule has 0 aromatic heterocycles. The Balaban J connectivity index is 2.00. The Morgan fingerprint density at radius 3 is 2.31 bits per heavy atom. The van der Waals surface area contributed by atoms with Crippen molar-refractivity contribution in [1.82, 2.24) is 0 Å². The van der Waals surface area contributed by atoms with Crippen LogP contribution in [0, 0.1) is 5.92 Å². The highest BCUT2D eigenvalue weighted by Crippen LogP contribution is 2.33. The van der Waals surface area contributed by atoms with E-state index in [0.717, 1.165) is 0 Å². The smallest absolute Gasteiger partial charge is 0.0634 e. The van der Waals surface area contributed by atoms with Gasteiger partial charge in [0.1, 0.15) is 0 Å². The molecule has 0 spiro atoms. The van der Waals surface area contributed by atoms with Crippen LogP contribution in [0.4, 0.5) is 0 Å². The van der Waals surface area contributed by atoms with Gasteiger partial charge in [-0.15, -0.1) is 0 Å². The van der Waals surface area contributed by atoms with Crippen LogP contribution in [0.3, 0.4) is 0 Å². The maximum atomic E-state index is 10.4. The first-order valence-corrected chi connectivity index (χ1v) is 6.52. The Morgan fingerprint density at radius 2 is 1.69 bits per heavy atom. The fraction of sp³-hybridized carbons (Fsp3) is 0.600. The molecule has 0 bridgehead atoms. The first kappa shape index (κ1) is 11.7. The van der Waals surface area contributed by atoms with Gasteiger partial charge in [0.25, 0.3) is 0 Å². The van der Waals surface area contributed by atoms with E-state index in [0.29, 0.717) is 5.92 Å². The number of aliphatic hydroxyl groups excluding tert-OH is 1. The number of aliphatic hydroxyl groups is 1. The van der Waals surface area contributed by atoms with Crippen LogP contribution in [0.1, 0.15) is 50.5 Å². The normalized spacial score (nSPS) is 21.6. The third kappa shape index (κ3) is 2.65. The summed E-state index contributed by atoms with van der Waals surface area (Å²) in [7, 11) is 0. The Morgan fingerprint density at radius 1 is 1.06 bits per heavy atom. The van der Waals surface area contributed by atoms with Crippen molar-refractivity contribution in [3.05, 3.63) is 35.9 Å². The third-order valence-electron chi connectivity index (χ3n) is 3.97. The van der Waals surface area contributed by atoms with Crippen LogP contribution in [0.25, 0.3) is 0 Å². The molecule has 16 heavy (non-hydrogen) atoms. The lowest BCUT2D eigenvalue weighted by Gasteiger charge is -2.30. The van der Waals surface area contributed by atoms with E-state index in [2.05, 4.69) is 31.2 Å². The van der Waals surface area contributed by atoms with Gasteiger partial charge in [-0.1, -0.05) is 56.5 Å². The SMILES string of the molecule is CC(c1ccccc1)C(O)C1CCCCC1. The molecule has 1 aliphatic carbocycles. The second kappa shape index (κ2) is 5.49. The van der Waals surface area contributed by atoms with Crippen molar-refractivity contribution in [3.8, 4) is 0 Å². The first-order valence-electron chi connectivity index (χ1n) is 6.52. The molecular formula is C15H22O. The molecule has 2 atom stereocenters. The molecule has 1 fully saturated rings. The minimum absolute atomic E-state index is 0.164. The van der Waals surface area contributed by atoms with Crippen LogP contribution in [0.2, 0.25) is 0 Å². The summed E-state index contributed by atoms with van der Waals surface area (Å²) in [5, 5.41) is 10.4. The predicted molar refractivity (Wildman–Crippen MR) is 67.4 cm³/mol. The van der Waals surface area contributed by atoms with Gasteiger partial charge in [-0.25, -0.2) is 0 Å². The highest BCUT2D eigenvalue weighted by molar-refractivity contribution is 5.20. The predicted octanol–water partition coefficient (Wildman–Crippen LogP) is 3.73. The van der Waals surface area contributed by atoms with E-state index in [-0.39, 0.29) is 12.0 Å². The number of benzene rings is 1. The molecular weight excluding hydrogens is 196 g/mol. The van der Waals surface area contributed by atoms with Crippen molar-refractivity contribution in [2.45, 2.75) is 51.0 Å². The van der Waals surface area contributed by atoms with Crippen LogP contribution in [-0.4, -0.2) is 11.2 Å². The van der Waals surface area contributed by atoms with E-state index >= 15 is 0 Å². The fourth-order valence-corrected chi connectivity index (χ4v) is 2.84.